The molecular formula is C18H21N3O3. The Morgan fingerprint density at radius 3 is 2.42 bits per heavy atom. The molecule has 1 aromatic carbocycles. The molecule has 126 valence electrons. The molecule has 2 amide bonds. The highest BCUT2D eigenvalue weighted by atomic mass is 16.2. The number of hydrogen-bond donors (Lipinski definition) is 3. The van der Waals surface area contributed by atoms with Crippen LogP contribution in [0.4, 0.5) is 5.69 Å². The van der Waals surface area contributed by atoms with Crippen molar-refractivity contribution in [3.05, 3.63) is 53.3 Å². The molecule has 0 unspecified atom stereocenters. The Hall–Kier alpha value is -2.89. The smallest absolute Gasteiger partial charge is 0.267 e. The predicted molar refractivity (Wildman–Crippen MR) is 91.9 cm³/mol. The first-order valence-corrected chi connectivity index (χ1v) is 7.86. The standard InChI is InChI=1S/C18H21N3O3/c1-3-4-17(23)21-15-7-5-13(6-8-15)10-20-18(24)16-9-14(11-19-16)12(2)22/h5-9,11,19H,3-4,10H2,1-2H3,(H,20,24)(H,21,23). The minimum Gasteiger partial charge on any atom is -0.356 e. The van der Waals surface area contributed by atoms with Gasteiger partial charge in [-0.1, -0.05) is 19.1 Å². The van der Waals surface area contributed by atoms with Gasteiger partial charge >= 0.3 is 0 Å². The van der Waals surface area contributed by atoms with Gasteiger partial charge in [0.1, 0.15) is 5.69 Å². The molecule has 6 nitrogen and oxygen atoms in total. The molecule has 3 N–H and O–H groups in total. The summed E-state index contributed by atoms with van der Waals surface area (Å²) in [4.78, 5) is 37.6. The van der Waals surface area contributed by atoms with Crippen LogP contribution in [0.5, 0.6) is 0 Å². The summed E-state index contributed by atoms with van der Waals surface area (Å²) in [6.07, 6.45) is 2.82. The number of rotatable bonds is 7. The Kier molecular flexibility index (Phi) is 5.89. The molecule has 24 heavy (non-hydrogen) atoms. The summed E-state index contributed by atoms with van der Waals surface area (Å²) in [6.45, 7) is 3.76. The molecule has 0 spiro atoms. The third-order valence-corrected chi connectivity index (χ3v) is 3.50. The van der Waals surface area contributed by atoms with Crippen molar-refractivity contribution in [1.29, 1.82) is 0 Å². The van der Waals surface area contributed by atoms with Gasteiger partial charge in [0.25, 0.3) is 5.91 Å². The van der Waals surface area contributed by atoms with Crippen molar-refractivity contribution in [2.45, 2.75) is 33.2 Å². The highest BCUT2D eigenvalue weighted by molar-refractivity contribution is 5.99. The Morgan fingerprint density at radius 2 is 1.83 bits per heavy atom. The van der Waals surface area contributed by atoms with Crippen molar-refractivity contribution in [2.75, 3.05) is 5.32 Å². The van der Waals surface area contributed by atoms with Crippen LogP contribution in [0.25, 0.3) is 0 Å². The van der Waals surface area contributed by atoms with E-state index < -0.39 is 0 Å². The topological polar surface area (TPSA) is 91.1 Å². The van der Waals surface area contributed by atoms with Gasteiger partial charge in [-0.2, -0.15) is 0 Å². The maximum absolute atomic E-state index is 12.0. The second-order valence-corrected chi connectivity index (χ2v) is 5.54. The van der Waals surface area contributed by atoms with E-state index in [0.29, 0.717) is 24.2 Å². The average Bonchev–Trinajstić information content (AvgIpc) is 3.04. The van der Waals surface area contributed by atoms with Crippen LogP contribution in [0, 0.1) is 0 Å². The number of anilines is 1. The molecule has 0 fully saturated rings. The molecule has 2 aromatic rings. The molecule has 0 bridgehead atoms. The van der Waals surface area contributed by atoms with Gasteiger partial charge in [-0.15, -0.1) is 0 Å². The van der Waals surface area contributed by atoms with Gasteiger partial charge in [-0.25, -0.2) is 0 Å². The number of aromatic amines is 1. The molecule has 0 aliphatic rings. The molecular weight excluding hydrogens is 306 g/mol. The van der Waals surface area contributed by atoms with E-state index in [2.05, 4.69) is 15.6 Å². The second kappa shape index (κ2) is 8.10. The number of carbonyl (C=O) groups excluding carboxylic acids is 3. The number of Topliss-reactive ketones (excluding diaryl/α,β-unsaturated/α-hetero) is 1. The zero-order valence-corrected chi connectivity index (χ0v) is 13.8. The van der Waals surface area contributed by atoms with E-state index in [0.717, 1.165) is 17.7 Å². The zero-order chi connectivity index (χ0) is 17.5. The molecule has 0 atom stereocenters. The first kappa shape index (κ1) is 17.5. The van der Waals surface area contributed by atoms with E-state index in [1.54, 1.807) is 12.1 Å². The Labute approximate surface area is 140 Å². The lowest BCUT2D eigenvalue weighted by atomic mass is 10.2. The number of nitrogens with one attached hydrogen (secondary N) is 3. The summed E-state index contributed by atoms with van der Waals surface area (Å²) in [5.41, 5.74) is 2.48. The lowest BCUT2D eigenvalue weighted by Crippen LogP contribution is -2.23. The molecule has 1 heterocycles. The quantitative estimate of drug-likeness (QED) is 0.683. The Balaban J connectivity index is 1.88. The fourth-order valence-corrected chi connectivity index (χ4v) is 2.16. The third kappa shape index (κ3) is 4.81. The molecule has 0 aliphatic heterocycles. The van der Waals surface area contributed by atoms with Crippen molar-refractivity contribution in [1.82, 2.24) is 10.3 Å². The summed E-state index contributed by atoms with van der Waals surface area (Å²) in [5, 5.41) is 5.59. The summed E-state index contributed by atoms with van der Waals surface area (Å²) in [5.74, 6) is -0.375. The van der Waals surface area contributed by atoms with Gasteiger partial charge in [0.2, 0.25) is 5.91 Å². The van der Waals surface area contributed by atoms with Crippen molar-refractivity contribution in [2.24, 2.45) is 0 Å². The van der Waals surface area contributed by atoms with E-state index in [1.807, 2.05) is 19.1 Å². The maximum Gasteiger partial charge on any atom is 0.267 e. The Bertz CT molecular complexity index is 732. The number of H-pyrrole nitrogens is 1. The molecule has 0 saturated heterocycles. The van der Waals surface area contributed by atoms with Crippen LogP contribution in [-0.4, -0.2) is 22.6 Å². The summed E-state index contributed by atoms with van der Waals surface area (Å²) in [7, 11) is 0. The van der Waals surface area contributed by atoms with E-state index >= 15 is 0 Å². The van der Waals surface area contributed by atoms with E-state index in [1.165, 1.54) is 19.2 Å². The Morgan fingerprint density at radius 1 is 1.12 bits per heavy atom. The largest absolute Gasteiger partial charge is 0.356 e. The summed E-state index contributed by atoms with van der Waals surface area (Å²) < 4.78 is 0. The molecule has 0 radical (unpaired) electrons. The van der Waals surface area contributed by atoms with Crippen LogP contribution >= 0.6 is 0 Å². The normalized spacial score (nSPS) is 10.2. The minimum atomic E-state index is -0.275. The van der Waals surface area contributed by atoms with Crippen LogP contribution in [0.15, 0.2) is 36.5 Å². The minimum absolute atomic E-state index is 0.00780. The van der Waals surface area contributed by atoms with Crippen molar-refractivity contribution in [3.63, 3.8) is 0 Å². The number of amides is 2. The summed E-state index contributed by atoms with van der Waals surface area (Å²) >= 11 is 0. The molecule has 0 aliphatic carbocycles. The number of aromatic nitrogens is 1. The third-order valence-electron chi connectivity index (χ3n) is 3.50. The van der Waals surface area contributed by atoms with Gasteiger partial charge in [0, 0.05) is 30.4 Å². The van der Waals surface area contributed by atoms with Gasteiger partial charge in [0.05, 0.1) is 0 Å². The van der Waals surface area contributed by atoms with E-state index in [9.17, 15) is 14.4 Å². The second-order valence-electron chi connectivity index (χ2n) is 5.54. The van der Waals surface area contributed by atoms with Crippen LogP contribution in [-0.2, 0) is 11.3 Å². The van der Waals surface area contributed by atoms with Gasteiger partial charge in [-0.05, 0) is 37.1 Å². The fraction of sp³-hybridized carbons (Fsp3) is 0.278. The predicted octanol–water partition coefficient (Wildman–Crippen LogP) is 2.89. The van der Waals surface area contributed by atoms with Gasteiger partial charge in [-0.3, -0.25) is 14.4 Å². The first-order valence-electron chi connectivity index (χ1n) is 7.86. The first-order chi connectivity index (χ1) is 11.5. The van der Waals surface area contributed by atoms with Crippen molar-refractivity contribution >= 4 is 23.3 Å². The maximum atomic E-state index is 12.0. The fourth-order valence-electron chi connectivity index (χ4n) is 2.16. The van der Waals surface area contributed by atoms with E-state index in [-0.39, 0.29) is 17.6 Å². The van der Waals surface area contributed by atoms with Crippen LogP contribution < -0.4 is 10.6 Å². The van der Waals surface area contributed by atoms with Crippen LogP contribution in [0.1, 0.15) is 53.1 Å². The van der Waals surface area contributed by atoms with Crippen LogP contribution in [0.3, 0.4) is 0 Å². The lowest BCUT2D eigenvalue weighted by Gasteiger charge is -2.07. The average molecular weight is 327 g/mol. The number of carbonyl (C=O) groups is 3. The van der Waals surface area contributed by atoms with E-state index in [4.69, 9.17) is 0 Å². The lowest BCUT2D eigenvalue weighted by molar-refractivity contribution is -0.116. The van der Waals surface area contributed by atoms with Crippen molar-refractivity contribution < 1.29 is 14.4 Å². The van der Waals surface area contributed by atoms with Gasteiger partial charge < -0.3 is 15.6 Å². The van der Waals surface area contributed by atoms with Crippen molar-refractivity contribution in [3.8, 4) is 0 Å². The SMILES string of the molecule is CCCC(=O)Nc1ccc(CNC(=O)c2cc(C(C)=O)c[nH]2)cc1. The highest BCUT2D eigenvalue weighted by Crippen LogP contribution is 2.11. The summed E-state index contributed by atoms with van der Waals surface area (Å²) in [6, 6.07) is 8.83. The molecule has 1 aromatic heterocycles. The monoisotopic (exact) mass is 327 g/mol. The highest BCUT2D eigenvalue weighted by Gasteiger charge is 2.10. The zero-order valence-electron chi connectivity index (χ0n) is 13.8. The molecule has 6 heteroatoms. The molecule has 2 rings (SSSR count). The number of ketones is 1. The van der Waals surface area contributed by atoms with Crippen LogP contribution in [0.2, 0.25) is 0 Å². The number of benzene rings is 1. The molecule has 0 saturated carbocycles. The van der Waals surface area contributed by atoms with Gasteiger partial charge in [0.15, 0.2) is 5.78 Å². The number of hydrogen-bond acceptors (Lipinski definition) is 3.